The first-order valence-electron chi connectivity index (χ1n) is 30.1. The molecule has 2 rings (SSSR count). The van der Waals surface area contributed by atoms with Gasteiger partial charge in [0.05, 0.1) is 32.0 Å². The summed E-state index contributed by atoms with van der Waals surface area (Å²) in [6, 6.07) is -1.28. The van der Waals surface area contributed by atoms with Gasteiger partial charge in [-0.25, -0.2) is 0 Å². The van der Waals surface area contributed by atoms with Gasteiger partial charge >= 0.3 is 0 Å². The fourth-order valence-corrected chi connectivity index (χ4v) is 10.2. The van der Waals surface area contributed by atoms with Crippen molar-refractivity contribution in [2.45, 2.75) is 331 Å². The zero-order chi connectivity index (χ0) is 54.2. The maximum Gasteiger partial charge on any atom is 0.249 e. The van der Waals surface area contributed by atoms with Crippen LogP contribution in [0.1, 0.15) is 245 Å². The lowest BCUT2D eigenvalue weighted by Gasteiger charge is -2.46. The lowest BCUT2D eigenvalue weighted by Crippen LogP contribution is -2.65. The van der Waals surface area contributed by atoms with E-state index >= 15 is 0 Å². The van der Waals surface area contributed by atoms with Crippen molar-refractivity contribution in [1.82, 2.24) is 5.32 Å². The van der Waals surface area contributed by atoms with E-state index < -0.39 is 111 Å². The van der Waals surface area contributed by atoms with Crippen molar-refractivity contribution in [3.63, 3.8) is 0 Å². The Morgan fingerprint density at radius 2 is 0.878 bits per heavy atom. The topological polar surface area (TPSA) is 268 Å². The molecule has 2 aliphatic rings. The molecular formula is C58H111NO15. The number of hydrogen-bond donors (Lipinski definition) is 11. The van der Waals surface area contributed by atoms with Gasteiger partial charge in [-0.2, -0.15) is 0 Å². The summed E-state index contributed by atoms with van der Waals surface area (Å²) in [5.41, 5.74) is 0. The Balaban J connectivity index is 1.83. The van der Waals surface area contributed by atoms with Crippen LogP contribution in [0.15, 0.2) is 12.2 Å². The highest BCUT2D eigenvalue weighted by molar-refractivity contribution is 5.80. The summed E-state index contributed by atoms with van der Waals surface area (Å²) in [6.45, 7) is 2.45. The van der Waals surface area contributed by atoms with Gasteiger partial charge in [-0.15, -0.1) is 0 Å². The van der Waals surface area contributed by atoms with Crippen LogP contribution in [0, 0.1) is 0 Å². The van der Waals surface area contributed by atoms with Crippen molar-refractivity contribution in [2.24, 2.45) is 0 Å². The number of nitrogens with one attached hydrogen (secondary N) is 1. The number of rotatable bonds is 48. The van der Waals surface area contributed by atoms with Crippen molar-refractivity contribution in [2.75, 3.05) is 19.8 Å². The van der Waals surface area contributed by atoms with Crippen molar-refractivity contribution in [3.05, 3.63) is 12.2 Å². The maximum atomic E-state index is 13.4. The number of carbonyl (C=O) groups excluding carboxylic acids is 1. The van der Waals surface area contributed by atoms with Gasteiger partial charge in [-0.1, -0.05) is 219 Å². The molecule has 2 fully saturated rings. The van der Waals surface area contributed by atoms with E-state index in [0.29, 0.717) is 12.8 Å². The van der Waals surface area contributed by atoms with Gasteiger partial charge < -0.3 is 75.3 Å². The molecule has 0 radical (unpaired) electrons. The molecule has 74 heavy (non-hydrogen) atoms. The van der Waals surface area contributed by atoms with Gasteiger partial charge in [0, 0.05) is 0 Å². The summed E-state index contributed by atoms with van der Waals surface area (Å²) in [5.74, 6) is -0.758. The molecule has 2 aliphatic heterocycles. The van der Waals surface area contributed by atoms with Crippen LogP contribution >= 0.6 is 0 Å². The van der Waals surface area contributed by atoms with E-state index in [-0.39, 0.29) is 12.8 Å². The molecule has 0 aromatic rings. The van der Waals surface area contributed by atoms with Crippen molar-refractivity contribution in [3.8, 4) is 0 Å². The number of aliphatic hydroxyl groups excluding tert-OH is 10. The third kappa shape index (κ3) is 29.6. The molecule has 16 nitrogen and oxygen atoms in total. The Bertz CT molecular complexity index is 1330. The molecule has 0 aromatic heterocycles. The molecule has 438 valence electrons. The number of hydrogen-bond acceptors (Lipinski definition) is 15. The molecule has 14 atom stereocenters. The normalized spacial score (nSPS) is 26.1. The van der Waals surface area contributed by atoms with Gasteiger partial charge in [-0.3, -0.25) is 4.79 Å². The Labute approximate surface area is 447 Å². The number of unbranched alkanes of at least 4 members (excludes halogenated alkanes) is 31. The Morgan fingerprint density at radius 1 is 0.486 bits per heavy atom. The molecule has 0 spiro atoms. The molecule has 14 unspecified atom stereocenters. The highest BCUT2D eigenvalue weighted by Crippen LogP contribution is 2.30. The van der Waals surface area contributed by atoms with Crippen LogP contribution in [-0.4, -0.2) is 163 Å². The molecule has 16 heteroatoms. The lowest BCUT2D eigenvalue weighted by molar-refractivity contribution is -0.359. The number of amides is 1. The van der Waals surface area contributed by atoms with Gasteiger partial charge in [-0.05, 0) is 38.5 Å². The van der Waals surface area contributed by atoms with E-state index in [1.165, 1.54) is 141 Å². The molecule has 0 aromatic carbocycles. The zero-order valence-electron chi connectivity index (χ0n) is 46.3. The molecular weight excluding hydrogens is 951 g/mol. The van der Waals surface area contributed by atoms with Crippen molar-refractivity contribution < 1.29 is 74.8 Å². The number of carbonyl (C=O) groups is 1. The molecule has 0 bridgehead atoms. The molecule has 0 saturated carbocycles. The highest BCUT2D eigenvalue weighted by Gasteiger charge is 2.51. The smallest absolute Gasteiger partial charge is 0.249 e. The minimum absolute atomic E-state index is 0.206. The average Bonchev–Trinajstić information content (AvgIpc) is 3.40. The monoisotopic (exact) mass is 1060 g/mol. The SMILES string of the molecule is CCCCCCCCC=CCCCCCCCCC(O)C(O)C(COC1OC(CO)C(OC2OC(CO)C(O)C(O)C2O)C(O)C1O)NC(=O)C(O)CCCCCCCCCCCCCCCCCCCCCC. The van der Waals surface area contributed by atoms with Gasteiger partial charge in [0.2, 0.25) is 5.91 Å². The predicted octanol–water partition coefficient (Wildman–Crippen LogP) is 7.83. The summed E-state index contributed by atoms with van der Waals surface area (Å²) in [4.78, 5) is 13.4. The summed E-state index contributed by atoms with van der Waals surface area (Å²) < 4.78 is 22.6. The summed E-state index contributed by atoms with van der Waals surface area (Å²) in [6.07, 6.45) is 24.9. The van der Waals surface area contributed by atoms with Crippen LogP contribution in [0.5, 0.6) is 0 Å². The second-order valence-electron chi connectivity index (χ2n) is 21.8. The maximum absolute atomic E-state index is 13.4. The van der Waals surface area contributed by atoms with E-state index in [2.05, 4.69) is 31.3 Å². The number of allylic oxidation sites excluding steroid dienone is 2. The molecule has 11 N–H and O–H groups in total. The fraction of sp³-hybridized carbons (Fsp3) is 0.948. The minimum atomic E-state index is -1.85. The van der Waals surface area contributed by atoms with Gasteiger partial charge in [0.1, 0.15) is 61.0 Å². The summed E-state index contributed by atoms with van der Waals surface area (Å²) in [5, 5.41) is 109. The third-order valence-electron chi connectivity index (χ3n) is 15.2. The molecule has 2 heterocycles. The van der Waals surface area contributed by atoms with E-state index in [1.54, 1.807) is 0 Å². The molecule has 1 amide bonds. The second-order valence-corrected chi connectivity index (χ2v) is 21.8. The first-order chi connectivity index (χ1) is 35.9. The van der Waals surface area contributed by atoms with Crippen LogP contribution in [0.3, 0.4) is 0 Å². The van der Waals surface area contributed by atoms with Crippen molar-refractivity contribution >= 4 is 5.91 Å². The Hall–Kier alpha value is -1.35. The van der Waals surface area contributed by atoms with Gasteiger partial charge in [0.25, 0.3) is 0 Å². The third-order valence-corrected chi connectivity index (χ3v) is 15.2. The predicted molar refractivity (Wildman–Crippen MR) is 289 cm³/mol. The van der Waals surface area contributed by atoms with Gasteiger partial charge in [0.15, 0.2) is 12.6 Å². The fourth-order valence-electron chi connectivity index (χ4n) is 10.2. The standard InChI is InChI=1S/C58H111NO15/c1-3-5-7-9-11-13-15-17-19-21-22-23-24-26-28-30-32-34-36-38-40-46(63)56(70)59-44(49(64)45(62)39-37-35-33-31-29-27-25-20-18-16-14-12-10-8-6-4-2)43-71-57-54(69)52(67)55(48(42-61)73-57)74-58-53(68)51(66)50(65)47(41-60)72-58/h18,20,44-55,57-58,60-69H,3-17,19,21-43H2,1-2H3,(H,59,70). The van der Waals surface area contributed by atoms with E-state index in [9.17, 15) is 55.9 Å². The number of aliphatic hydroxyl groups is 10. The molecule has 2 saturated heterocycles. The Morgan fingerprint density at radius 3 is 1.32 bits per heavy atom. The van der Waals surface area contributed by atoms with E-state index in [1.807, 2.05) is 0 Å². The second kappa shape index (κ2) is 44.5. The van der Waals surface area contributed by atoms with Crippen molar-refractivity contribution in [1.29, 1.82) is 0 Å². The summed E-state index contributed by atoms with van der Waals surface area (Å²) >= 11 is 0. The summed E-state index contributed by atoms with van der Waals surface area (Å²) in [7, 11) is 0. The van der Waals surface area contributed by atoms with E-state index in [0.717, 1.165) is 64.2 Å². The Kier molecular flexibility index (Phi) is 41.3. The minimum Gasteiger partial charge on any atom is -0.394 e. The highest BCUT2D eigenvalue weighted by atomic mass is 16.7. The average molecular weight is 1060 g/mol. The van der Waals surface area contributed by atoms with Crippen LogP contribution < -0.4 is 5.32 Å². The molecule has 0 aliphatic carbocycles. The quantitative estimate of drug-likeness (QED) is 0.0205. The van der Waals surface area contributed by atoms with E-state index in [4.69, 9.17) is 18.9 Å². The first-order valence-corrected chi connectivity index (χ1v) is 30.1. The number of ether oxygens (including phenoxy) is 4. The van der Waals surface area contributed by atoms with Crippen LogP contribution in [0.25, 0.3) is 0 Å². The van der Waals surface area contributed by atoms with Crippen LogP contribution in [-0.2, 0) is 23.7 Å². The zero-order valence-corrected chi connectivity index (χ0v) is 46.3. The largest absolute Gasteiger partial charge is 0.394 e. The van der Waals surface area contributed by atoms with Crippen LogP contribution in [0.2, 0.25) is 0 Å². The lowest BCUT2D eigenvalue weighted by atomic mass is 9.97. The first kappa shape index (κ1) is 68.8. The van der Waals surface area contributed by atoms with Crippen LogP contribution in [0.4, 0.5) is 0 Å².